The lowest BCUT2D eigenvalue weighted by atomic mass is 10.3. The summed E-state index contributed by atoms with van der Waals surface area (Å²) in [6, 6.07) is 4.27. The van der Waals surface area contributed by atoms with E-state index in [1.54, 1.807) is 0 Å². The molecule has 138 valence electrons. The SMILES string of the molecule is COc1ccc(NC(=O)COC(C)=O)cc1S(=O)(=O)N1CCOCC1. The van der Waals surface area contributed by atoms with Crippen LogP contribution >= 0.6 is 0 Å². The molecule has 0 bridgehead atoms. The van der Waals surface area contributed by atoms with Crippen molar-refractivity contribution in [2.75, 3.05) is 45.3 Å². The average molecular weight is 372 g/mol. The summed E-state index contributed by atoms with van der Waals surface area (Å²) in [5, 5.41) is 2.48. The van der Waals surface area contributed by atoms with E-state index in [1.807, 2.05) is 0 Å². The van der Waals surface area contributed by atoms with E-state index in [4.69, 9.17) is 9.47 Å². The Morgan fingerprint density at radius 2 is 1.96 bits per heavy atom. The van der Waals surface area contributed by atoms with Crippen LogP contribution in [0.25, 0.3) is 0 Å². The smallest absolute Gasteiger partial charge is 0.303 e. The van der Waals surface area contributed by atoms with Crippen molar-refractivity contribution in [3.05, 3.63) is 18.2 Å². The minimum absolute atomic E-state index is 0.0535. The molecule has 0 saturated carbocycles. The monoisotopic (exact) mass is 372 g/mol. The Labute approximate surface area is 145 Å². The van der Waals surface area contributed by atoms with Crippen molar-refractivity contribution in [3.8, 4) is 5.75 Å². The molecule has 1 fully saturated rings. The highest BCUT2D eigenvalue weighted by Gasteiger charge is 2.29. The lowest BCUT2D eigenvalue weighted by Crippen LogP contribution is -2.40. The fourth-order valence-electron chi connectivity index (χ4n) is 2.25. The number of nitrogens with zero attached hydrogens (tertiary/aromatic N) is 1. The van der Waals surface area contributed by atoms with Crippen molar-refractivity contribution in [2.45, 2.75) is 11.8 Å². The Kier molecular flexibility index (Phi) is 6.34. The maximum atomic E-state index is 12.8. The van der Waals surface area contributed by atoms with Gasteiger partial charge in [-0.05, 0) is 18.2 Å². The molecule has 10 heteroatoms. The van der Waals surface area contributed by atoms with E-state index in [2.05, 4.69) is 10.1 Å². The van der Waals surface area contributed by atoms with Crippen molar-refractivity contribution in [3.63, 3.8) is 0 Å². The van der Waals surface area contributed by atoms with E-state index in [0.717, 1.165) is 0 Å². The van der Waals surface area contributed by atoms with Crippen molar-refractivity contribution in [1.29, 1.82) is 0 Å². The van der Waals surface area contributed by atoms with Crippen molar-refractivity contribution < 1.29 is 32.2 Å². The van der Waals surface area contributed by atoms with Crippen LogP contribution in [-0.2, 0) is 29.1 Å². The van der Waals surface area contributed by atoms with Gasteiger partial charge in [-0.1, -0.05) is 0 Å². The number of morpholine rings is 1. The van der Waals surface area contributed by atoms with Crippen LogP contribution < -0.4 is 10.1 Å². The molecule has 1 saturated heterocycles. The lowest BCUT2D eigenvalue weighted by Gasteiger charge is -2.26. The molecule has 0 spiro atoms. The molecule has 0 aliphatic carbocycles. The predicted molar refractivity (Wildman–Crippen MR) is 87.8 cm³/mol. The third-order valence-electron chi connectivity index (χ3n) is 3.44. The zero-order valence-corrected chi connectivity index (χ0v) is 14.8. The standard InChI is InChI=1S/C15H20N2O7S/c1-11(18)24-10-15(19)16-12-3-4-13(22-2)14(9-12)25(20,21)17-5-7-23-8-6-17/h3-4,9H,5-8,10H2,1-2H3,(H,16,19). The van der Waals surface area contributed by atoms with Gasteiger partial charge in [0.05, 0.1) is 20.3 Å². The predicted octanol–water partition coefficient (Wildman–Crippen LogP) is 0.218. The van der Waals surface area contributed by atoms with E-state index < -0.39 is 28.5 Å². The molecule has 1 N–H and O–H groups in total. The third kappa shape index (κ3) is 4.91. The first kappa shape index (κ1) is 19.2. The summed E-state index contributed by atoms with van der Waals surface area (Å²) in [4.78, 5) is 22.4. The van der Waals surface area contributed by atoms with Crippen LogP contribution in [0, 0.1) is 0 Å². The van der Waals surface area contributed by atoms with Crippen LogP contribution in [0.1, 0.15) is 6.92 Å². The summed E-state index contributed by atoms with van der Waals surface area (Å²) in [7, 11) is -2.43. The fraction of sp³-hybridized carbons (Fsp3) is 0.467. The number of hydrogen-bond donors (Lipinski definition) is 1. The Bertz CT molecular complexity index is 742. The number of carbonyl (C=O) groups excluding carboxylic acids is 2. The number of rotatable bonds is 6. The largest absolute Gasteiger partial charge is 0.495 e. The van der Waals surface area contributed by atoms with Gasteiger partial charge in [0.15, 0.2) is 6.61 Å². The first-order valence-electron chi connectivity index (χ1n) is 7.53. The Morgan fingerprint density at radius 3 is 2.56 bits per heavy atom. The highest BCUT2D eigenvalue weighted by atomic mass is 32.2. The number of nitrogens with one attached hydrogen (secondary N) is 1. The van der Waals surface area contributed by atoms with Gasteiger partial charge in [-0.15, -0.1) is 0 Å². The van der Waals surface area contributed by atoms with E-state index in [1.165, 1.54) is 36.5 Å². The lowest BCUT2D eigenvalue weighted by molar-refractivity contribution is -0.144. The molecule has 2 rings (SSSR count). The molecule has 1 amide bonds. The first-order chi connectivity index (χ1) is 11.8. The normalized spacial score (nSPS) is 15.4. The van der Waals surface area contributed by atoms with Crippen molar-refractivity contribution in [2.24, 2.45) is 0 Å². The van der Waals surface area contributed by atoms with Gasteiger partial charge in [0.2, 0.25) is 10.0 Å². The number of esters is 1. The van der Waals surface area contributed by atoms with Gasteiger partial charge in [-0.3, -0.25) is 9.59 Å². The number of sulfonamides is 1. The number of anilines is 1. The number of amides is 1. The highest BCUT2D eigenvalue weighted by Crippen LogP contribution is 2.30. The summed E-state index contributed by atoms with van der Waals surface area (Å²) in [5.74, 6) is -0.986. The van der Waals surface area contributed by atoms with Gasteiger partial charge >= 0.3 is 5.97 Å². The summed E-state index contributed by atoms with van der Waals surface area (Å²) in [5.41, 5.74) is 0.254. The summed E-state index contributed by atoms with van der Waals surface area (Å²) < 4.78 is 41.9. The number of ether oxygens (including phenoxy) is 3. The molecular formula is C15H20N2O7S. The third-order valence-corrected chi connectivity index (χ3v) is 5.36. The molecule has 0 aromatic heterocycles. The number of carbonyl (C=O) groups is 2. The average Bonchev–Trinajstić information content (AvgIpc) is 2.60. The maximum Gasteiger partial charge on any atom is 0.303 e. The molecule has 1 aliphatic rings. The molecular weight excluding hydrogens is 352 g/mol. The van der Waals surface area contributed by atoms with E-state index in [9.17, 15) is 18.0 Å². The highest BCUT2D eigenvalue weighted by molar-refractivity contribution is 7.89. The first-order valence-corrected chi connectivity index (χ1v) is 8.97. The summed E-state index contributed by atoms with van der Waals surface area (Å²) in [6.07, 6.45) is 0. The van der Waals surface area contributed by atoms with Gasteiger partial charge in [0.25, 0.3) is 5.91 Å². The van der Waals surface area contributed by atoms with Crippen LogP contribution in [0.3, 0.4) is 0 Å². The summed E-state index contributed by atoms with van der Waals surface area (Å²) >= 11 is 0. The Balaban J connectivity index is 2.24. The molecule has 9 nitrogen and oxygen atoms in total. The van der Waals surface area contributed by atoms with Gasteiger partial charge in [0.1, 0.15) is 10.6 Å². The van der Waals surface area contributed by atoms with E-state index in [0.29, 0.717) is 13.2 Å². The topological polar surface area (TPSA) is 111 Å². The Hall–Kier alpha value is -2.17. The van der Waals surface area contributed by atoms with Crippen LogP contribution in [0.5, 0.6) is 5.75 Å². The molecule has 0 atom stereocenters. The number of benzene rings is 1. The van der Waals surface area contributed by atoms with Crippen LogP contribution in [0.2, 0.25) is 0 Å². The maximum absolute atomic E-state index is 12.8. The zero-order chi connectivity index (χ0) is 18.4. The molecule has 0 radical (unpaired) electrons. The van der Waals surface area contributed by atoms with E-state index >= 15 is 0 Å². The van der Waals surface area contributed by atoms with Crippen LogP contribution in [0.4, 0.5) is 5.69 Å². The van der Waals surface area contributed by atoms with Crippen LogP contribution in [-0.4, -0.2) is 64.6 Å². The quantitative estimate of drug-likeness (QED) is 0.711. The molecule has 1 heterocycles. The number of methoxy groups -OCH3 is 1. The van der Waals surface area contributed by atoms with Crippen molar-refractivity contribution >= 4 is 27.6 Å². The van der Waals surface area contributed by atoms with Crippen LogP contribution in [0.15, 0.2) is 23.1 Å². The second kappa shape index (κ2) is 8.28. The van der Waals surface area contributed by atoms with Gasteiger partial charge in [-0.25, -0.2) is 8.42 Å². The molecule has 1 aliphatic heterocycles. The second-order valence-corrected chi connectivity index (χ2v) is 7.12. The van der Waals surface area contributed by atoms with Gasteiger partial charge in [0, 0.05) is 25.7 Å². The van der Waals surface area contributed by atoms with Crippen molar-refractivity contribution in [1.82, 2.24) is 4.31 Å². The molecule has 25 heavy (non-hydrogen) atoms. The van der Waals surface area contributed by atoms with Gasteiger partial charge in [-0.2, -0.15) is 4.31 Å². The molecule has 1 aromatic rings. The fourth-order valence-corrected chi connectivity index (χ4v) is 3.84. The molecule has 0 unspecified atom stereocenters. The molecule has 1 aromatic carbocycles. The van der Waals surface area contributed by atoms with E-state index in [-0.39, 0.29) is 29.4 Å². The minimum Gasteiger partial charge on any atom is -0.495 e. The summed E-state index contributed by atoms with van der Waals surface area (Å²) in [6.45, 7) is 1.87. The minimum atomic E-state index is -3.80. The van der Waals surface area contributed by atoms with Gasteiger partial charge < -0.3 is 19.5 Å². The second-order valence-electron chi connectivity index (χ2n) is 5.21. The number of hydrogen-bond acceptors (Lipinski definition) is 7. The zero-order valence-electron chi connectivity index (χ0n) is 14.0. The Morgan fingerprint density at radius 1 is 1.28 bits per heavy atom.